The molecule has 4 heteroatoms. The van der Waals surface area contributed by atoms with Crippen LogP contribution in [0.2, 0.25) is 0 Å². The number of halogens is 1. The van der Waals surface area contributed by atoms with Crippen molar-refractivity contribution in [1.82, 2.24) is 0 Å². The Balaban J connectivity index is 1.70. The molecular weight excluding hydrogens is 300 g/mol. The quantitative estimate of drug-likeness (QED) is 0.319. The lowest BCUT2D eigenvalue weighted by atomic mass is 9.78. The van der Waals surface area contributed by atoms with E-state index in [1.165, 1.54) is 32.1 Å². The Labute approximate surface area is 139 Å². The van der Waals surface area contributed by atoms with Gasteiger partial charge in [0.1, 0.15) is 0 Å². The Morgan fingerprint density at radius 2 is 1.95 bits per heavy atom. The molecule has 0 unspecified atom stereocenters. The Kier molecular flexibility index (Phi) is 7.91. The van der Waals surface area contributed by atoms with E-state index in [0.29, 0.717) is 30.5 Å². The van der Waals surface area contributed by atoms with Crippen molar-refractivity contribution in [2.24, 2.45) is 11.8 Å². The van der Waals surface area contributed by atoms with Gasteiger partial charge in [-0.3, -0.25) is 4.79 Å². The fourth-order valence-corrected chi connectivity index (χ4v) is 3.80. The van der Waals surface area contributed by atoms with Crippen molar-refractivity contribution < 1.29 is 14.3 Å². The highest BCUT2D eigenvalue weighted by molar-refractivity contribution is 6.63. The summed E-state index contributed by atoms with van der Waals surface area (Å²) < 4.78 is 12.0. The molecule has 4 atom stereocenters. The highest BCUT2D eigenvalue weighted by atomic mass is 35.5. The zero-order chi connectivity index (χ0) is 15.8. The molecular formula is C18H29ClO3. The van der Waals surface area contributed by atoms with Crippen molar-refractivity contribution in [3.63, 3.8) is 0 Å². The summed E-state index contributed by atoms with van der Waals surface area (Å²) in [6, 6.07) is 0. The number of fused-ring (bicyclic) bond motifs is 2. The fourth-order valence-electron chi connectivity index (χ4n) is 3.71. The molecule has 0 amide bonds. The molecule has 2 fully saturated rings. The summed E-state index contributed by atoms with van der Waals surface area (Å²) in [7, 11) is 0. The minimum absolute atomic E-state index is 0.299. The van der Waals surface area contributed by atoms with E-state index in [1.807, 2.05) is 6.08 Å². The van der Waals surface area contributed by atoms with Crippen LogP contribution in [0.15, 0.2) is 12.2 Å². The summed E-state index contributed by atoms with van der Waals surface area (Å²) in [4.78, 5) is 10.8. The minimum atomic E-state index is -0.299. The van der Waals surface area contributed by atoms with Crippen molar-refractivity contribution >= 4 is 16.8 Å². The average Bonchev–Trinajstić information content (AvgIpc) is 3.08. The SMILES string of the molecule is CCCCCCOC[C@@H]1[C@H](C/C=C\CC(=O)Cl)[C@@H]2CC[C@H]1O2. The highest BCUT2D eigenvalue weighted by Gasteiger charge is 2.48. The molecule has 2 rings (SSSR count). The second kappa shape index (κ2) is 9.69. The van der Waals surface area contributed by atoms with E-state index in [2.05, 4.69) is 13.0 Å². The third-order valence-corrected chi connectivity index (χ3v) is 5.05. The van der Waals surface area contributed by atoms with Crippen LogP contribution in [0.25, 0.3) is 0 Å². The van der Waals surface area contributed by atoms with Gasteiger partial charge in [0.25, 0.3) is 0 Å². The zero-order valence-corrected chi connectivity index (χ0v) is 14.4. The van der Waals surface area contributed by atoms with Gasteiger partial charge in [0, 0.05) is 18.9 Å². The first-order valence-electron chi connectivity index (χ1n) is 8.79. The molecule has 0 spiro atoms. The van der Waals surface area contributed by atoms with Gasteiger partial charge in [0.05, 0.1) is 18.8 Å². The van der Waals surface area contributed by atoms with Crippen LogP contribution in [0, 0.1) is 11.8 Å². The van der Waals surface area contributed by atoms with Gasteiger partial charge in [-0.25, -0.2) is 0 Å². The maximum absolute atomic E-state index is 10.8. The van der Waals surface area contributed by atoms with Gasteiger partial charge < -0.3 is 9.47 Å². The molecule has 2 bridgehead atoms. The average molecular weight is 329 g/mol. The van der Waals surface area contributed by atoms with E-state index in [4.69, 9.17) is 21.1 Å². The molecule has 0 N–H and O–H groups in total. The predicted molar refractivity (Wildman–Crippen MR) is 89.1 cm³/mol. The maximum atomic E-state index is 10.8. The van der Waals surface area contributed by atoms with E-state index in [0.717, 1.165) is 26.1 Å². The first-order valence-corrected chi connectivity index (χ1v) is 9.16. The summed E-state index contributed by atoms with van der Waals surface area (Å²) in [6.45, 7) is 3.92. The van der Waals surface area contributed by atoms with Crippen LogP contribution in [-0.2, 0) is 14.3 Å². The second-order valence-corrected chi connectivity index (χ2v) is 6.94. The van der Waals surface area contributed by atoms with Crippen molar-refractivity contribution in [2.75, 3.05) is 13.2 Å². The Morgan fingerprint density at radius 1 is 1.18 bits per heavy atom. The number of carbonyl (C=O) groups excluding carboxylic acids is 1. The first kappa shape index (κ1) is 18.0. The molecule has 0 aromatic heterocycles. The Hall–Kier alpha value is -0.380. The monoisotopic (exact) mass is 328 g/mol. The second-order valence-electron chi connectivity index (χ2n) is 6.52. The fraction of sp³-hybridized carbons (Fsp3) is 0.833. The highest BCUT2D eigenvalue weighted by Crippen LogP contribution is 2.45. The normalized spacial score (nSPS) is 30.5. The van der Waals surface area contributed by atoms with Crippen LogP contribution >= 0.6 is 11.6 Å². The number of unbranched alkanes of at least 4 members (excludes halogenated alkanes) is 3. The lowest BCUT2D eigenvalue weighted by Gasteiger charge is -2.27. The van der Waals surface area contributed by atoms with Crippen molar-refractivity contribution in [3.05, 3.63) is 12.2 Å². The third kappa shape index (κ3) is 5.36. The largest absolute Gasteiger partial charge is 0.381 e. The number of hydrogen-bond acceptors (Lipinski definition) is 3. The minimum Gasteiger partial charge on any atom is -0.381 e. The predicted octanol–water partition coefficient (Wildman–Crippen LogP) is 4.48. The van der Waals surface area contributed by atoms with Gasteiger partial charge in [-0.2, -0.15) is 0 Å². The van der Waals surface area contributed by atoms with E-state index in [9.17, 15) is 4.79 Å². The lowest BCUT2D eigenvalue weighted by Crippen LogP contribution is -2.30. The lowest BCUT2D eigenvalue weighted by molar-refractivity contribution is -0.110. The van der Waals surface area contributed by atoms with Crippen LogP contribution in [0.1, 0.15) is 58.3 Å². The van der Waals surface area contributed by atoms with Gasteiger partial charge >= 0.3 is 0 Å². The summed E-state index contributed by atoms with van der Waals surface area (Å²) >= 11 is 5.35. The third-order valence-electron chi connectivity index (χ3n) is 4.90. The molecule has 0 saturated carbocycles. The summed E-state index contributed by atoms with van der Waals surface area (Å²) in [5.41, 5.74) is 0. The van der Waals surface area contributed by atoms with Gasteiger partial charge in [-0.05, 0) is 43.2 Å². The van der Waals surface area contributed by atoms with Gasteiger partial charge in [-0.15, -0.1) is 0 Å². The smallest absolute Gasteiger partial charge is 0.225 e. The molecule has 3 nitrogen and oxygen atoms in total. The summed E-state index contributed by atoms with van der Waals surface area (Å²) in [5, 5.41) is -0.299. The van der Waals surface area contributed by atoms with Crippen LogP contribution < -0.4 is 0 Å². The first-order chi connectivity index (χ1) is 10.7. The number of rotatable bonds is 11. The van der Waals surface area contributed by atoms with E-state index >= 15 is 0 Å². The standard InChI is InChI=1S/C18H29ClO3/c1-2-3-4-7-12-21-13-15-14(8-5-6-9-18(19)20)16-10-11-17(15)22-16/h5-6,14-17H,2-4,7-13H2,1H3/b6-5-/t14-,15+,16-,17+/m0/s1. The van der Waals surface area contributed by atoms with Crippen LogP contribution in [0.5, 0.6) is 0 Å². The number of ether oxygens (including phenoxy) is 2. The molecule has 0 radical (unpaired) electrons. The van der Waals surface area contributed by atoms with Crippen LogP contribution in [-0.4, -0.2) is 30.7 Å². The zero-order valence-electron chi connectivity index (χ0n) is 13.6. The van der Waals surface area contributed by atoms with Crippen LogP contribution in [0.4, 0.5) is 0 Å². The molecule has 2 heterocycles. The molecule has 0 aliphatic carbocycles. The molecule has 2 aliphatic rings. The molecule has 0 aromatic carbocycles. The summed E-state index contributed by atoms with van der Waals surface area (Å²) in [6.07, 6.45) is 13.4. The van der Waals surface area contributed by atoms with E-state index in [1.54, 1.807) is 0 Å². The van der Waals surface area contributed by atoms with E-state index in [-0.39, 0.29) is 5.24 Å². The maximum Gasteiger partial charge on any atom is 0.225 e. The molecule has 2 aliphatic heterocycles. The number of carbonyl (C=O) groups is 1. The number of hydrogen-bond donors (Lipinski definition) is 0. The molecule has 126 valence electrons. The van der Waals surface area contributed by atoms with Gasteiger partial charge in [0.15, 0.2) is 0 Å². The Morgan fingerprint density at radius 3 is 2.68 bits per heavy atom. The Bertz CT molecular complexity index is 369. The summed E-state index contributed by atoms with van der Waals surface area (Å²) in [5.74, 6) is 1.05. The molecule has 22 heavy (non-hydrogen) atoms. The van der Waals surface area contributed by atoms with Gasteiger partial charge in [0.2, 0.25) is 5.24 Å². The number of allylic oxidation sites excluding steroid dienone is 2. The van der Waals surface area contributed by atoms with E-state index < -0.39 is 0 Å². The van der Waals surface area contributed by atoms with Crippen LogP contribution in [0.3, 0.4) is 0 Å². The van der Waals surface area contributed by atoms with Crippen molar-refractivity contribution in [2.45, 2.75) is 70.5 Å². The topological polar surface area (TPSA) is 35.5 Å². The molecule has 0 aromatic rings. The van der Waals surface area contributed by atoms with Gasteiger partial charge in [-0.1, -0.05) is 38.3 Å². The van der Waals surface area contributed by atoms with Crippen molar-refractivity contribution in [3.8, 4) is 0 Å². The van der Waals surface area contributed by atoms with Crippen molar-refractivity contribution in [1.29, 1.82) is 0 Å². The molecule has 2 saturated heterocycles.